The van der Waals surface area contributed by atoms with E-state index in [1.165, 1.54) is 0 Å². The number of aromatic nitrogens is 3. The van der Waals surface area contributed by atoms with Crippen LogP contribution in [0.4, 0.5) is 5.95 Å². The maximum Gasteiger partial charge on any atom is 0.272 e. The maximum absolute atomic E-state index is 5.44. The van der Waals surface area contributed by atoms with Gasteiger partial charge < -0.3 is 11.5 Å². The number of benzene rings is 2. The van der Waals surface area contributed by atoms with Gasteiger partial charge in [-0.05, 0) is 11.1 Å². The quantitative estimate of drug-likeness (QED) is 0.558. The minimum absolute atomic E-state index is 0.0675. The number of nitrogens with two attached hydrogens (primary N) is 2. The Balaban J connectivity index is 1.99. The molecule has 0 saturated heterocycles. The smallest absolute Gasteiger partial charge is 0.272 e. The summed E-state index contributed by atoms with van der Waals surface area (Å²) in [6, 6.07) is 17.9. The lowest BCUT2D eigenvalue weighted by molar-refractivity contribution is 0.694. The molecule has 1 heterocycles. The summed E-state index contributed by atoms with van der Waals surface area (Å²) in [6.07, 6.45) is 1.81. The molecule has 0 unspecified atom stereocenters. The Morgan fingerprint density at radius 2 is 1.79 bits per heavy atom. The molecule has 4 N–H and O–H groups in total. The first-order chi connectivity index (χ1) is 11.7. The molecule has 0 aliphatic heterocycles. The van der Waals surface area contributed by atoms with E-state index in [2.05, 4.69) is 21.7 Å². The molecule has 0 radical (unpaired) electrons. The molecule has 0 aliphatic rings. The van der Waals surface area contributed by atoms with Gasteiger partial charge in [0.05, 0.1) is 6.54 Å². The highest BCUT2D eigenvalue weighted by atomic mass is 15.4. The number of hydrogen-bond donors (Lipinski definition) is 2. The first kappa shape index (κ1) is 15.5. The summed E-state index contributed by atoms with van der Waals surface area (Å²) >= 11 is 0. The largest absolute Gasteiger partial charge is 0.370 e. The molecule has 0 bridgehead atoms. The van der Waals surface area contributed by atoms with Gasteiger partial charge in [0.1, 0.15) is 0 Å². The van der Waals surface area contributed by atoms with Crippen molar-refractivity contribution in [2.75, 3.05) is 0 Å². The van der Waals surface area contributed by atoms with E-state index in [0.29, 0.717) is 12.4 Å². The number of hydrogen-bond acceptors (Lipinski definition) is 3. The monoisotopic (exact) mass is 318 g/mol. The van der Waals surface area contributed by atoms with Crippen LogP contribution in [0.3, 0.4) is 0 Å². The highest BCUT2D eigenvalue weighted by Crippen LogP contribution is 2.21. The summed E-state index contributed by atoms with van der Waals surface area (Å²) in [4.78, 5) is 8.39. The van der Waals surface area contributed by atoms with Crippen molar-refractivity contribution >= 4 is 18.0 Å². The van der Waals surface area contributed by atoms with Crippen molar-refractivity contribution < 1.29 is 0 Å². The zero-order chi connectivity index (χ0) is 16.9. The van der Waals surface area contributed by atoms with Gasteiger partial charge in [-0.2, -0.15) is 9.98 Å². The number of rotatable bonds is 5. The van der Waals surface area contributed by atoms with Crippen LogP contribution in [0.5, 0.6) is 0 Å². The van der Waals surface area contributed by atoms with E-state index in [-0.39, 0.29) is 11.9 Å². The van der Waals surface area contributed by atoms with Gasteiger partial charge >= 0.3 is 0 Å². The van der Waals surface area contributed by atoms with Gasteiger partial charge in [0, 0.05) is 5.56 Å². The minimum Gasteiger partial charge on any atom is -0.370 e. The van der Waals surface area contributed by atoms with Crippen molar-refractivity contribution in [3.63, 3.8) is 0 Å². The Kier molecular flexibility index (Phi) is 4.38. The molecule has 0 amide bonds. The molecule has 2 aromatic carbocycles. The molecule has 0 atom stereocenters. The first-order valence-electron chi connectivity index (χ1n) is 7.47. The fourth-order valence-electron chi connectivity index (χ4n) is 2.34. The zero-order valence-corrected chi connectivity index (χ0v) is 13.1. The summed E-state index contributed by atoms with van der Waals surface area (Å²) in [6.45, 7) is 4.33. The van der Waals surface area contributed by atoms with Gasteiger partial charge in [-0.1, -0.05) is 67.3 Å². The topological polar surface area (TPSA) is 95.1 Å². The summed E-state index contributed by atoms with van der Waals surface area (Å²) in [5.41, 5.74) is 14.0. The fourth-order valence-corrected chi connectivity index (χ4v) is 2.34. The molecule has 0 fully saturated rings. The van der Waals surface area contributed by atoms with Crippen molar-refractivity contribution in [3.05, 3.63) is 72.3 Å². The van der Waals surface area contributed by atoms with Crippen LogP contribution in [-0.4, -0.2) is 20.7 Å². The third-order valence-corrected chi connectivity index (χ3v) is 3.47. The van der Waals surface area contributed by atoms with Crippen LogP contribution in [-0.2, 0) is 6.54 Å². The molecule has 120 valence electrons. The summed E-state index contributed by atoms with van der Waals surface area (Å²) in [5, 5.41) is 4.40. The van der Waals surface area contributed by atoms with Gasteiger partial charge in [0.25, 0.3) is 5.95 Å². The van der Waals surface area contributed by atoms with E-state index in [1.54, 1.807) is 4.68 Å². The predicted molar refractivity (Wildman–Crippen MR) is 96.6 cm³/mol. The molecule has 0 aliphatic carbocycles. The van der Waals surface area contributed by atoms with Crippen molar-refractivity contribution in [2.24, 2.45) is 16.5 Å². The van der Waals surface area contributed by atoms with Crippen molar-refractivity contribution in [1.82, 2.24) is 14.8 Å². The molecule has 24 heavy (non-hydrogen) atoms. The first-order valence-corrected chi connectivity index (χ1v) is 7.47. The summed E-state index contributed by atoms with van der Waals surface area (Å²) < 4.78 is 1.79. The molecule has 3 aromatic rings. The fraction of sp³-hybridized carbons (Fsp3) is 0.0556. The van der Waals surface area contributed by atoms with Crippen molar-refractivity contribution in [2.45, 2.75) is 6.54 Å². The van der Waals surface area contributed by atoms with Crippen molar-refractivity contribution in [3.8, 4) is 11.4 Å². The van der Waals surface area contributed by atoms with E-state index in [4.69, 9.17) is 11.5 Å². The third-order valence-electron chi connectivity index (χ3n) is 3.47. The standard InChI is InChI=1S/C18H18N6/c1-2-13-8-10-14(11-9-13)12-24-16(15-6-4-3-5-7-15)21-18(23-24)22-17(19)20/h2-11H,1,12H2,(H4,19,20,22,23). The predicted octanol–water partition coefficient (Wildman–Crippen LogP) is 2.54. The summed E-state index contributed by atoms with van der Waals surface area (Å²) in [5.74, 6) is 0.891. The van der Waals surface area contributed by atoms with E-state index in [0.717, 1.165) is 16.7 Å². The molecule has 6 nitrogen and oxygen atoms in total. The van der Waals surface area contributed by atoms with Crippen LogP contribution in [0.15, 0.2) is 66.2 Å². The molecule has 3 rings (SSSR count). The molecule has 0 saturated carbocycles. The van der Waals surface area contributed by atoms with Crippen LogP contribution in [0.25, 0.3) is 17.5 Å². The van der Waals surface area contributed by atoms with Crippen LogP contribution < -0.4 is 11.5 Å². The Bertz CT molecular complexity index is 858. The van der Waals surface area contributed by atoms with Gasteiger partial charge in [-0.3, -0.25) is 0 Å². The van der Waals surface area contributed by atoms with Crippen LogP contribution >= 0.6 is 0 Å². The van der Waals surface area contributed by atoms with E-state index >= 15 is 0 Å². The normalized spacial score (nSPS) is 10.3. The van der Waals surface area contributed by atoms with Gasteiger partial charge in [0.15, 0.2) is 11.8 Å². The van der Waals surface area contributed by atoms with Crippen LogP contribution in [0.1, 0.15) is 11.1 Å². The highest BCUT2D eigenvalue weighted by molar-refractivity contribution is 5.78. The van der Waals surface area contributed by atoms with Gasteiger partial charge in [-0.15, -0.1) is 5.10 Å². The Morgan fingerprint density at radius 3 is 2.42 bits per heavy atom. The number of aliphatic imine (C=N–C) groups is 1. The lowest BCUT2D eigenvalue weighted by Crippen LogP contribution is -2.22. The van der Waals surface area contributed by atoms with E-state index in [9.17, 15) is 0 Å². The van der Waals surface area contributed by atoms with E-state index < -0.39 is 0 Å². The third kappa shape index (κ3) is 3.49. The lowest BCUT2D eigenvalue weighted by Gasteiger charge is -2.06. The highest BCUT2D eigenvalue weighted by Gasteiger charge is 2.12. The average molecular weight is 318 g/mol. The average Bonchev–Trinajstić information content (AvgIpc) is 2.98. The summed E-state index contributed by atoms with van der Waals surface area (Å²) in [7, 11) is 0. The van der Waals surface area contributed by atoms with Gasteiger partial charge in [0.2, 0.25) is 0 Å². The van der Waals surface area contributed by atoms with Crippen molar-refractivity contribution in [1.29, 1.82) is 0 Å². The molecule has 6 heteroatoms. The zero-order valence-electron chi connectivity index (χ0n) is 13.1. The second-order valence-electron chi connectivity index (χ2n) is 5.24. The molecule has 1 aromatic heterocycles. The van der Waals surface area contributed by atoms with E-state index in [1.807, 2.05) is 60.7 Å². The van der Waals surface area contributed by atoms with Crippen LogP contribution in [0, 0.1) is 0 Å². The number of guanidine groups is 1. The van der Waals surface area contributed by atoms with Gasteiger partial charge in [-0.25, -0.2) is 4.68 Å². The minimum atomic E-state index is -0.0675. The molecule has 0 spiro atoms. The lowest BCUT2D eigenvalue weighted by atomic mass is 10.1. The Hall–Kier alpha value is -3.41. The second kappa shape index (κ2) is 6.78. The number of nitrogens with zero attached hydrogens (tertiary/aromatic N) is 4. The maximum atomic E-state index is 5.44. The molecular weight excluding hydrogens is 300 g/mol. The second-order valence-corrected chi connectivity index (χ2v) is 5.24. The Morgan fingerprint density at radius 1 is 1.08 bits per heavy atom. The molecular formula is C18H18N6. The van der Waals surface area contributed by atoms with Crippen LogP contribution in [0.2, 0.25) is 0 Å². The Labute approximate surface area is 140 Å². The SMILES string of the molecule is C=Cc1ccc(Cn2nc(N=C(N)N)nc2-c2ccccc2)cc1.